The van der Waals surface area contributed by atoms with Crippen LogP contribution in [-0.2, 0) is 14.3 Å². The third-order valence-corrected chi connectivity index (χ3v) is 3.52. The lowest BCUT2D eigenvalue weighted by molar-refractivity contribution is -0.148. The number of rotatable bonds is 5. The van der Waals surface area contributed by atoms with Crippen molar-refractivity contribution >= 4 is 5.97 Å². The van der Waals surface area contributed by atoms with Gasteiger partial charge in [-0.15, -0.1) is 0 Å². The Morgan fingerprint density at radius 1 is 1.44 bits per heavy atom. The summed E-state index contributed by atoms with van der Waals surface area (Å²) in [6.07, 6.45) is 2.41. The van der Waals surface area contributed by atoms with Crippen molar-refractivity contribution < 1.29 is 19.4 Å². The molecule has 16 heavy (non-hydrogen) atoms. The van der Waals surface area contributed by atoms with Crippen molar-refractivity contribution in [3.63, 3.8) is 0 Å². The van der Waals surface area contributed by atoms with Gasteiger partial charge in [-0.1, -0.05) is 19.8 Å². The Morgan fingerprint density at radius 2 is 2.19 bits per heavy atom. The van der Waals surface area contributed by atoms with E-state index in [0.717, 1.165) is 19.3 Å². The smallest absolute Gasteiger partial charge is 0.312 e. The summed E-state index contributed by atoms with van der Waals surface area (Å²) in [7, 11) is 0. The van der Waals surface area contributed by atoms with E-state index in [2.05, 4.69) is 6.92 Å². The molecular formula is C12H20O4. The molecule has 1 saturated carbocycles. The van der Waals surface area contributed by atoms with Gasteiger partial charge in [0, 0.05) is 5.92 Å². The van der Waals surface area contributed by atoms with Gasteiger partial charge in [0.25, 0.3) is 0 Å². The molecule has 2 rings (SSSR count). The number of fused-ring (bicyclic) bond motifs is 1. The van der Waals surface area contributed by atoms with Gasteiger partial charge in [-0.3, -0.25) is 4.79 Å². The van der Waals surface area contributed by atoms with Crippen LogP contribution in [0.25, 0.3) is 0 Å². The molecule has 0 aromatic rings. The Bertz CT molecular complexity index is 266. The van der Waals surface area contributed by atoms with Crippen LogP contribution >= 0.6 is 0 Å². The van der Waals surface area contributed by atoms with Crippen molar-refractivity contribution in [1.29, 1.82) is 0 Å². The minimum Gasteiger partial charge on any atom is -0.466 e. The van der Waals surface area contributed by atoms with E-state index in [9.17, 15) is 9.90 Å². The van der Waals surface area contributed by atoms with Gasteiger partial charge in [0.2, 0.25) is 0 Å². The van der Waals surface area contributed by atoms with E-state index in [-0.39, 0.29) is 30.0 Å². The predicted molar refractivity (Wildman–Crippen MR) is 57.8 cm³/mol. The van der Waals surface area contributed by atoms with Crippen LogP contribution in [0.4, 0.5) is 0 Å². The molecule has 0 bridgehead atoms. The molecule has 0 unspecified atom stereocenters. The van der Waals surface area contributed by atoms with Gasteiger partial charge in [0.1, 0.15) is 0 Å². The summed E-state index contributed by atoms with van der Waals surface area (Å²) in [6, 6.07) is 0. The summed E-state index contributed by atoms with van der Waals surface area (Å²) in [6.45, 7) is 4.30. The van der Waals surface area contributed by atoms with Crippen LogP contribution in [-0.4, -0.2) is 36.0 Å². The maximum Gasteiger partial charge on any atom is 0.312 e. The van der Waals surface area contributed by atoms with E-state index >= 15 is 0 Å². The highest BCUT2D eigenvalue weighted by molar-refractivity contribution is 5.77. The third-order valence-electron chi connectivity index (χ3n) is 3.52. The summed E-state index contributed by atoms with van der Waals surface area (Å²) in [5.41, 5.74) is 0. The standard InChI is InChI=1S/C12H20O4/c1-3-5-6-7-10(13)8-9(11(8)16-7)12(14)15-4-2/h7-11,13H,3-6H2,1-2H3/t7-,8-,9+,10-,11+/m1/s1. The second-order valence-corrected chi connectivity index (χ2v) is 4.63. The predicted octanol–water partition coefficient (Wildman–Crippen LogP) is 1.11. The first kappa shape index (κ1) is 11.9. The summed E-state index contributed by atoms with van der Waals surface area (Å²) in [5.74, 6) is -0.445. The Kier molecular flexibility index (Phi) is 3.50. The Balaban J connectivity index is 1.82. The van der Waals surface area contributed by atoms with Crippen LogP contribution in [0.15, 0.2) is 0 Å². The molecule has 0 aromatic heterocycles. The molecule has 0 aromatic carbocycles. The van der Waals surface area contributed by atoms with E-state index in [0.29, 0.717) is 6.61 Å². The molecule has 0 spiro atoms. The van der Waals surface area contributed by atoms with Crippen LogP contribution in [0, 0.1) is 11.8 Å². The summed E-state index contributed by atoms with van der Waals surface area (Å²) in [4.78, 5) is 11.5. The zero-order chi connectivity index (χ0) is 11.7. The van der Waals surface area contributed by atoms with Crippen molar-refractivity contribution in [1.82, 2.24) is 0 Å². The monoisotopic (exact) mass is 228 g/mol. The first-order chi connectivity index (χ1) is 7.70. The van der Waals surface area contributed by atoms with Crippen molar-refractivity contribution in [2.24, 2.45) is 11.8 Å². The van der Waals surface area contributed by atoms with E-state index < -0.39 is 6.10 Å². The molecule has 1 saturated heterocycles. The lowest BCUT2D eigenvalue weighted by Crippen LogP contribution is -2.29. The summed E-state index contributed by atoms with van der Waals surface area (Å²) < 4.78 is 10.6. The van der Waals surface area contributed by atoms with Crippen molar-refractivity contribution in [3.8, 4) is 0 Å². The van der Waals surface area contributed by atoms with Crippen molar-refractivity contribution in [3.05, 3.63) is 0 Å². The number of esters is 1. The average molecular weight is 228 g/mol. The number of aliphatic hydroxyl groups is 1. The molecule has 92 valence electrons. The molecule has 0 amide bonds. The van der Waals surface area contributed by atoms with Crippen LogP contribution in [0.5, 0.6) is 0 Å². The Morgan fingerprint density at radius 3 is 2.69 bits per heavy atom. The topological polar surface area (TPSA) is 55.8 Å². The second-order valence-electron chi connectivity index (χ2n) is 4.63. The van der Waals surface area contributed by atoms with Gasteiger partial charge in [0.05, 0.1) is 30.8 Å². The maximum atomic E-state index is 11.5. The highest BCUT2D eigenvalue weighted by atomic mass is 16.6. The molecule has 1 aliphatic heterocycles. The zero-order valence-corrected chi connectivity index (χ0v) is 9.89. The van der Waals surface area contributed by atoms with Crippen LogP contribution in [0.3, 0.4) is 0 Å². The van der Waals surface area contributed by atoms with Crippen molar-refractivity contribution in [2.45, 2.75) is 51.4 Å². The maximum absolute atomic E-state index is 11.5. The fourth-order valence-corrected chi connectivity index (χ4v) is 2.59. The minimum absolute atomic E-state index is 0.0130. The second kappa shape index (κ2) is 4.72. The third kappa shape index (κ3) is 1.96. The van der Waals surface area contributed by atoms with Gasteiger partial charge in [0.15, 0.2) is 0 Å². The largest absolute Gasteiger partial charge is 0.466 e. The van der Waals surface area contributed by atoms with E-state index in [1.807, 2.05) is 0 Å². The minimum atomic E-state index is -0.481. The zero-order valence-electron chi connectivity index (χ0n) is 9.89. The fraction of sp³-hybridized carbons (Fsp3) is 0.917. The van der Waals surface area contributed by atoms with E-state index in [4.69, 9.17) is 9.47 Å². The van der Waals surface area contributed by atoms with Crippen LogP contribution < -0.4 is 0 Å². The molecule has 2 aliphatic rings. The molecule has 2 fully saturated rings. The first-order valence-electron chi connectivity index (χ1n) is 6.20. The van der Waals surface area contributed by atoms with E-state index in [1.54, 1.807) is 6.92 Å². The number of unbranched alkanes of at least 4 members (excludes halogenated alkanes) is 1. The highest BCUT2D eigenvalue weighted by Gasteiger charge is 2.66. The molecule has 4 nitrogen and oxygen atoms in total. The summed E-state index contributed by atoms with van der Waals surface area (Å²) >= 11 is 0. The highest BCUT2D eigenvalue weighted by Crippen LogP contribution is 2.53. The molecule has 5 atom stereocenters. The molecule has 1 N–H and O–H groups in total. The number of hydrogen-bond donors (Lipinski definition) is 1. The fourth-order valence-electron chi connectivity index (χ4n) is 2.59. The van der Waals surface area contributed by atoms with Crippen LogP contribution in [0.1, 0.15) is 33.1 Å². The quantitative estimate of drug-likeness (QED) is 0.716. The van der Waals surface area contributed by atoms with Gasteiger partial charge >= 0.3 is 5.97 Å². The molecular weight excluding hydrogens is 208 g/mol. The van der Waals surface area contributed by atoms with Crippen LogP contribution in [0.2, 0.25) is 0 Å². The van der Waals surface area contributed by atoms with Gasteiger partial charge in [-0.25, -0.2) is 0 Å². The van der Waals surface area contributed by atoms with Crippen molar-refractivity contribution in [2.75, 3.05) is 6.61 Å². The van der Waals surface area contributed by atoms with Gasteiger partial charge in [-0.2, -0.15) is 0 Å². The van der Waals surface area contributed by atoms with Gasteiger partial charge in [-0.05, 0) is 13.3 Å². The lowest BCUT2D eigenvalue weighted by atomic mass is 10.0. The van der Waals surface area contributed by atoms with E-state index in [1.165, 1.54) is 0 Å². The molecule has 1 heterocycles. The SMILES string of the molecule is CCCC[C@H]1O[C@@H]2[C@@H](C(=O)OCC)[C@@H]2[C@@H]1O. The number of aliphatic hydroxyl groups excluding tert-OH is 1. The first-order valence-corrected chi connectivity index (χ1v) is 6.20. The number of carbonyl (C=O) groups is 1. The molecule has 4 heteroatoms. The number of ether oxygens (including phenoxy) is 2. The van der Waals surface area contributed by atoms with Gasteiger partial charge < -0.3 is 14.6 Å². The molecule has 0 radical (unpaired) electrons. The Labute approximate surface area is 95.9 Å². The normalized spacial score (nSPS) is 40.6. The molecule has 1 aliphatic carbocycles. The lowest BCUT2D eigenvalue weighted by Gasteiger charge is -2.18. The average Bonchev–Trinajstić information content (AvgIpc) is 2.89. The number of carbonyl (C=O) groups excluding carboxylic acids is 1. The Hall–Kier alpha value is -0.610. The summed E-state index contributed by atoms with van der Waals surface area (Å²) in [5, 5.41) is 9.98. The number of hydrogen-bond acceptors (Lipinski definition) is 4.